The molecule has 0 radical (unpaired) electrons. The van der Waals surface area contributed by atoms with Crippen molar-refractivity contribution in [2.45, 2.75) is 45.6 Å². The zero-order valence-corrected chi connectivity index (χ0v) is 11.6. The van der Waals surface area contributed by atoms with E-state index in [2.05, 4.69) is 23.9 Å². The number of hydrogen-bond donors (Lipinski definition) is 0. The lowest BCUT2D eigenvalue weighted by Gasteiger charge is -2.10. The van der Waals surface area contributed by atoms with Gasteiger partial charge in [-0.25, -0.2) is 9.67 Å². The summed E-state index contributed by atoms with van der Waals surface area (Å²) in [6.07, 6.45) is 6.20. The first kappa shape index (κ1) is 11.6. The Balaban J connectivity index is 1.47. The Hall–Kier alpha value is -1.19. The van der Waals surface area contributed by atoms with Crippen molar-refractivity contribution in [3.05, 3.63) is 12.2 Å². The van der Waals surface area contributed by atoms with Gasteiger partial charge in [-0.15, -0.1) is 0 Å². The fourth-order valence-corrected chi connectivity index (χ4v) is 4.86. The van der Waals surface area contributed by atoms with Crippen LogP contribution >= 0.6 is 0 Å². The lowest BCUT2D eigenvalue weighted by molar-refractivity contribution is -0.120. The third-order valence-corrected chi connectivity index (χ3v) is 5.58. The van der Waals surface area contributed by atoms with Crippen LogP contribution in [0, 0.1) is 29.6 Å². The number of rotatable bonds is 4. The van der Waals surface area contributed by atoms with Crippen LogP contribution in [0.15, 0.2) is 6.33 Å². The second kappa shape index (κ2) is 3.90. The van der Waals surface area contributed by atoms with E-state index < -0.39 is 0 Å². The van der Waals surface area contributed by atoms with Gasteiger partial charge in [0, 0.05) is 12.0 Å². The van der Waals surface area contributed by atoms with Crippen molar-refractivity contribution in [3.8, 4) is 0 Å². The number of nitrogens with zero attached hydrogens (tertiary/aromatic N) is 3. The van der Waals surface area contributed by atoms with Gasteiger partial charge in [0.15, 0.2) is 0 Å². The number of fused-ring (bicyclic) bond motifs is 5. The molecule has 4 atom stereocenters. The molecule has 19 heavy (non-hydrogen) atoms. The van der Waals surface area contributed by atoms with E-state index in [1.807, 2.05) is 4.68 Å². The number of hydrogen-bond acceptors (Lipinski definition) is 3. The van der Waals surface area contributed by atoms with E-state index in [0.29, 0.717) is 18.1 Å². The van der Waals surface area contributed by atoms with Crippen LogP contribution in [0.25, 0.3) is 0 Å². The summed E-state index contributed by atoms with van der Waals surface area (Å²) in [7, 11) is 0. The fraction of sp³-hybridized carbons (Fsp3) is 0.800. The number of carbonyl (C=O) groups excluding carboxylic acids is 1. The van der Waals surface area contributed by atoms with Gasteiger partial charge in [-0.05, 0) is 56.8 Å². The van der Waals surface area contributed by atoms with Crippen molar-refractivity contribution in [2.24, 2.45) is 29.6 Å². The van der Waals surface area contributed by atoms with Crippen molar-refractivity contribution < 1.29 is 4.79 Å². The highest BCUT2D eigenvalue weighted by atomic mass is 16.1. The molecule has 3 aliphatic rings. The molecule has 1 heterocycles. The van der Waals surface area contributed by atoms with Crippen molar-refractivity contribution in [2.75, 3.05) is 0 Å². The predicted molar refractivity (Wildman–Crippen MR) is 70.4 cm³/mol. The molecule has 3 saturated carbocycles. The molecule has 4 rings (SSSR count). The molecule has 4 heteroatoms. The first-order valence-electron chi connectivity index (χ1n) is 7.58. The first-order valence-corrected chi connectivity index (χ1v) is 7.58. The molecule has 0 spiro atoms. The van der Waals surface area contributed by atoms with Gasteiger partial charge in [0.25, 0.3) is 0 Å². The second-order valence-corrected chi connectivity index (χ2v) is 6.87. The summed E-state index contributed by atoms with van der Waals surface area (Å²) < 4.78 is 1.88. The lowest BCUT2D eigenvalue weighted by atomic mass is 9.98. The van der Waals surface area contributed by atoms with Crippen LogP contribution < -0.4 is 0 Å². The average Bonchev–Trinajstić information content (AvgIpc) is 2.75. The largest absolute Gasteiger partial charge is 0.299 e. The highest BCUT2D eigenvalue weighted by Crippen LogP contribution is 2.69. The molecule has 0 saturated heterocycles. The number of ketones is 1. The first-order chi connectivity index (χ1) is 9.16. The van der Waals surface area contributed by atoms with Crippen LogP contribution in [0.5, 0.6) is 0 Å². The molecule has 0 N–H and O–H groups in total. The van der Waals surface area contributed by atoms with Gasteiger partial charge in [-0.2, -0.15) is 5.10 Å². The Bertz CT molecular complexity index is 505. The van der Waals surface area contributed by atoms with Crippen LogP contribution in [-0.2, 0) is 11.2 Å². The topological polar surface area (TPSA) is 47.8 Å². The van der Waals surface area contributed by atoms with Gasteiger partial charge >= 0.3 is 0 Å². The van der Waals surface area contributed by atoms with Gasteiger partial charge in [0.2, 0.25) is 0 Å². The molecule has 4 unspecified atom stereocenters. The Morgan fingerprint density at radius 2 is 2.05 bits per heavy atom. The zero-order valence-electron chi connectivity index (χ0n) is 11.6. The molecule has 0 amide bonds. The monoisotopic (exact) mass is 259 g/mol. The summed E-state index contributed by atoms with van der Waals surface area (Å²) in [6.45, 7) is 4.16. The van der Waals surface area contributed by atoms with E-state index >= 15 is 0 Å². The molecule has 3 aliphatic carbocycles. The third-order valence-electron chi connectivity index (χ3n) is 5.58. The average molecular weight is 259 g/mol. The zero-order chi connectivity index (χ0) is 13.1. The molecular weight excluding hydrogens is 238 g/mol. The van der Waals surface area contributed by atoms with Crippen LogP contribution in [0.4, 0.5) is 0 Å². The molecular formula is C15H21N3O. The second-order valence-electron chi connectivity index (χ2n) is 6.87. The number of carbonyl (C=O) groups is 1. The summed E-state index contributed by atoms with van der Waals surface area (Å²) in [5.74, 6) is 4.84. The normalized spacial score (nSPS) is 38.8. The van der Waals surface area contributed by atoms with Crippen molar-refractivity contribution in [3.63, 3.8) is 0 Å². The summed E-state index contributed by atoms with van der Waals surface area (Å²) in [5.41, 5.74) is 0. The van der Waals surface area contributed by atoms with Crippen LogP contribution in [0.2, 0.25) is 0 Å². The molecule has 3 fully saturated rings. The van der Waals surface area contributed by atoms with E-state index in [1.165, 1.54) is 19.3 Å². The van der Waals surface area contributed by atoms with Crippen LogP contribution in [-0.4, -0.2) is 20.5 Å². The minimum Gasteiger partial charge on any atom is -0.299 e. The fourth-order valence-electron chi connectivity index (χ4n) is 4.86. The maximum Gasteiger partial charge on any atom is 0.144 e. The number of Topliss-reactive ketones (excluding diaryl/α,β-unsaturated/α-hetero) is 1. The van der Waals surface area contributed by atoms with Crippen LogP contribution in [0.1, 0.15) is 45.0 Å². The summed E-state index contributed by atoms with van der Waals surface area (Å²) in [4.78, 5) is 16.8. The predicted octanol–water partition coefficient (Wildman–Crippen LogP) is 2.26. The van der Waals surface area contributed by atoms with E-state index in [9.17, 15) is 4.79 Å². The molecule has 1 aromatic rings. The smallest absolute Gasteiger partial charge is 0.144 e. The van der Waals surface area contributed by atoms with Crippen LogP contribution in [0.3, 0.4) is 0 Å². The van der Waals surface area contributed by atoms with Gasteiger partial charge < -0.3 is 0 Å². The van der Waals surface area contributed by atoms with Gasteiger partial charge in [-0.3, -0.25) is 4.79 Å². The maximum atomic E-state index is 12.5. The highest BCUT2D eigenvalue weighted by Gasteiger charge is 2.66. The van der Waals surface area contributed by atoms with Gasteiger partial charge in [-0.1, -0.05) is 0 Å². The standard InChI is InChI=1S/C15H21N3O/c1-8(2)18-12(16-7-17-18)6-11(19)15-13-9-3-4-10(5-9)14(13)15/h7-10,13-15H,3-6H2,1-2H3. The van der Waals surface area contributed by atoms with E-state index in [-0.39, 0.29) is 6.04 Å². The summed E-state index contributed by atoms with van der Waals surface area (Å²) in [5, 5.41) is 4.22. The molecule has 102 valence electrons. The minimum atomic E-state index is 0.278. The molecule has 2 bridgehead atoms. The Morgan fingerprint density at radius 3 is 2.68 bits per heavy atom. The molecule has 0 aliphatic heterocycles. The number of aromatic nitrogens is 3. The van der Waals surface area contributed by atoms with Gasteiger partial charge in [0.05, 0.1) is 6.42 Å². The molecule has 1 aromatic heterocycles. The SMILES string of the molecule is CC(C)n1ncnc1CC(=O)C1C2C3CCC(C3)C12. The van der Waals surface area contributed by atoms with Crippen molar-refractivity contribution in [1.82, 2.24) is 14.8 Å². The third kappa shape index (κ3) is 1.61. The van der Waals surface area contributed by atoms with E-state index in [0.717, 1.165) is 29.5 Å². The van der Waals surface area contributed by atoms with E-state index in [1.54, 1.807) is 6.33 Å². The summed E-state index contributed by atoms with van der Waals surface area (Å²) >= 11 is 0. The van der Waals surface area contributed by atoms with Crippen molar-refractivity contribution in [1.29, 1.82) is 0 Å². The quantitative estimate of drug-likeness (QED) is 0.833. The molecule has 0 aromatic carbocycles. The Kier molecular flexibility index (Phi) is 2.39. The highest BCUT2D eigenvalue weighted by molar-refractivity contribution is 5.86. The molecule has 4 nitrogen and oxygen atoms in total. The van der Waals surface area contributed by atoms with E-state index in [4.69, 9.17) is 0 Å². The Labute approximate surface area is 113 Å². The van der Waals surface area contributed by atoms with Gasteiger partial charge in [0.1, 0.15) is 17.9 Å². The Morgan fingerprint density at radius 1 is 1.37 bits per heavy atom. The summed E-state index contributed by atoms with van der Waals surface area (Å²) in [6, 6.07) is 0.278. The minimum absolute atomic E-state index is 0.278. The maximum absolute atomic E-state index is 12.5. The lowest BCUT2D eigenvalue weighted by Crippen LogP contribution is -2.17. The van der Waals surface area contributed by atoms with Crippen molar-refractivity contribution >= 4 is 5.78 Å².